The number of aliphatic hydroxyl groups is 1. The summed E-state index contributed by atoms with van der Waals surface area (Å²) in [5, 5.41) is 10.5. The molecule has 0 heterocycles. The number of rotatable bonds is 70. The van der Waals surface area contributed by atoms with E-state index >= 15 is 0 Å². The number of hydrogen-bond donors (Lipinski definition) is 3. The molecule has 0 bridgehead atoms. The van der Waals surface area contributed by atoms with Crippen LogP contribution in [0.4, 0.5) is 0 Å². The molecule has 0 aromatic heterocycles. The number of carbonyl (C=O) groups is 4. The Labute approximate surface area is 543 Å². The fourth-order valence-electron chi connectivity index (χ4n) is 10.6. The molecule has 3 N–H and O–H groups in total. The molecule has 0 amide bonds. The lowest BCUT2D eigenvalue weighted by Crippen LogP contribution is -2.30. The van der Waals surface area contributed by atoms with Crippen LogP contribution in [-0.2, 0) is 65.4 Å². The van der Waals surface area contributed by atoms with E-state index in [-0.39, 0.29) is 25.7 Å². The highest BCUT2D eigenvalue weighted by Crippen LogP contribution is 2.45. The first kappa shape index (κ1) is 87.1. The molecule has 89 heavy (non-hydrogen) atoms. The highest BCUT2D eigenvalue weighted by Gasteiger charge is 2.30. The first-order valence-electron chi connectivity index (χ1n) is 36.6. The van der Waals surface area contributed by atoms with Gasteiger partial charge in [-0.05, 0) is 31.6 Å². The van der Waals surface area contributed by atoms with Gasteiger partial charge in [0, 0.05) is 25.7 Å². The number of ether oxygens (including phenoxy) is 4. The van der Waals surface area contributed by atoms with Crippen LogP contribution in [-0.4, -0.2) is 96.7 Å². The Balaban J connectivity index is 5.14. The summed E-state index contributed by atoms with van der Waals surface area (Å²) in [6, 6.07) is 0. The summed E-state index contributed by atoms with van der Waals surface area (Å²) in [6.45, 7) is 7.18. The van der Waals surface area contributed by atoms with Crippen molar-refractivity contribution in [3.05, 3.63) is 0 Å². The van der Waals surface area contributed by atoms with Gasteiger partial charge in [-0.3, -0.25) is 37.3 Å². The molecule has 0 spiro atoms. The topological polar surface area (TPSA) is 237 Å². The maximum atomic E-state index is 13.0. The molecule has 0 saturated heterocycles. The van der Waals surface area contributed by atoms with E-state index in [1.807, 2.05) is 0 Å². The highest BCUT2D eigenvalue weighted by molar-refractivity contribution is 7.47. The fourth-order valence-corrected chi connectivity index (χ4v) is 12.2. The lowest BCUT2D eigenvalue weighted by Gasteiger charge is -2.21. The molecule has 0 radical (unpaired) electrons. The van der Waals surface area contributed by atoms with E-state index in [0.29, 0.717) is 25.7 Å². The van der Waals surface area contributed by atoms with E-state index < -0.39 is 97.5 Å². The molecule has 0 aliphatic heterocycles. The summed E-state index contributed by atoms with van der Waals surface area (Å²) in [6.07, 6.45) is 50.3. The Morgan fingerprint density at radius 1 is 0.303 bits per heavy atom. The Kier molecular flexibility index (Phi) is 62.1. The molecule has 0 fully saturated rings. The molecule has 17 nitrogen and oxygen atoms in total. The summed E-state index contributed by atoms with van der Waals surface area (Å²) in [7, 11) is -9.89. The first-order chi connectivity index (χ1) is 43.0. The molecule has 5 atom stereocenters. The summed E-state index contributed by atoms with van der Waals surface area (Å²) in [4.78, 5) is 72.2. The second-order valence-electron chi connectivity index (χ2n) is 25.7. The third-order valence-electron chi connectivity index (χ3n) is 16.3. The van der Waals surface area contributed by atoms with Gasteiger partial charge in [-0.15, -0.1) is 0 Å². The van der Waals surface area contributed by atoms with Crippen molar-refractivity contribution in [2.45, 2.75) is 380 Å². The Bertz CT molecular complexity index is 1720. The molecular weight excluding hydrogens is 1170 g/mol. The van der Waals surface area contributed by atoms with Gasteiger partial charge in [0.15, 0.2) is 12.2 Å². The van der Waals surface area contributed by atoms with Gasteiger partial charge in [0.1, 0.15) is 19.3 Å². The highest BCUT2D eigenvalue weighted by atomic mass is 31.2. The van der Waals surface area contributed by atoms with Crippen molar-refractivity contribution in [2.75, 3.05) is 39.6 Å². The van der Waals surface area contributed by atoms with Gasteiger partial charge in [0.25, 0.3) is 0 Å². The Morgan fingerprint density at radius 2 is 0.517 bits per heavy atom. The van der Waals surface area contributed by atoms with Crippen LogP contribution in [0.1, 0.15) is 362 Å². The number of carbonyl (C=O) groups excluding carboxylic acids is 4. The van der Waals surface area contributed by atoms with Crippen LogP contribution in [0.15, 0.2) is 0 Å². The van der Waals surface area contributed by atoms with Gasteiger partial charge in [-0.1, -0.05) is 311 Å². The Morgan fingerprint density at radius 3 is 0.764 bits per heavy atom. The lowest BCUT2D eigenvalue weighted by molar-refractivity contribution is -0.161. The summed E-state index contributed by atoms with van der Waals surface area (Å²) in [5.74, 6) is -1.32. The van der Waals surface area contributed by atoms with Crippen LogP contribution >= 0.6 is 15.6 Å². The zero-order valence-corrected chi connectivity index (χ0v) is 59.4. The maximum Gasteiger partial charge on any atom is 0.472 e. The quantitative estimate of drug-likeness (QED) is 0.0222. The average molecular weight is 1310 g/mol. The molecule has 0 aromatic carbocycles. The maximum absolute atomic E-state index is 13.0. The van der Waals surface area contributed by atoms with Crippen molar-refractivity contribution in [3.8, 4) is 0 Å². The molecule has 2 unspecified atom stereocenters. The molecule has 0 saturated carbocycles. The monoisotopic (exact) mass is 1310 g/mol. The normalized spacial score (nSPS) is 14.1. The predicted molar refractivity (Wildman–Crippen MR) is 358 cm³/mol. The first-order valence-corrected chi connectivity index (χ1v) is 39.6. The number of phosphoric ester groups is 2. The Hall–Kier alpha value is -1.94. The van der Waals surface area contributed by atoms with Gasteiger partial charge < -0.3 is 33.8 Å². The van der Waals surface area contributed by atoms with Gasteiger partial charge in [-0.2, -0.15) is 0 Å². The number of aliphatic hydroxyl groups excluding tert-OH is 1. The van der Waals surface area contributed by atoms with Gasteiger partial charge in [0.2, 0.25) is 0 Å². The van der Waals surface area contributed by atoms with Crippen molar-refractivity contribution in [3.63, 3.8) is 0 Å². The number of esters is 4. The van der Waals surface area contributed by atoms with Gasteiger partial charge >= 0.3 is 39.5 Å². The molecule has 0 rings (SSSR count). The van der Waals surface area contributed by atoms with E-state index in [1.165, 1.54) is 180 Å². The third kappa shape index (κ3) is 64.6. The second kappa shape index (κ2) is 63.5. The lowest BCUT2D eigenvalue weighted by atomic mass is 10.0. The van der Waals surface area contributed by atoms with Crippen molar-refractivity contribution in [2.24, 2.45) is 5.92 Å². The number of unbranched alkanes of at least 4 members (excludes halogenated alkanes) is 42. The van der Waals surface area contributed by atoms with Crippen LogP contribution in [0, 0.1) is 5.92 Å². The van der Waals surface area contributed by atoms with Crippen LogP contribution in [0.25, 0.3) is 0 Å². The van der Waals surface area contributed by atoms with Crippen LogP contribution < -0.4 is 0 Å². The minimum atomic E-state index is -4.95. The van der Waals surface area contributed by atoms with Crippen molar-refractivity contribution in [1.82, 2.24) is 0 Å². The summed E-state index contributed by atoms with van der Waals surface area (Å²) < 4.78 is 68.0. The summed E-state index contributed by atoms with van der Waals surface area (Å²) in [5.41, 5.74) is 0. The van der Waals surface area contributed by atoms with Gasteiger partial charge in [-0.25, -0.2) is 9.13 Å². The number of hydrogen-bond acceptors (Lipinski definition) is 15. The predicted octanol–water partition coefficient (Wildman–Crippen LogP) is 20.1. The summed E-state index contributed by atoms with van der Waals surface area (Å²) >= 11 is 0. The zero-order valence-electron chi connectivity index (χ0n) is 57.6. The minimum absolute atomic E-state index is 0.106. The number of phosphoric acid groups is 2. The van der Waals surface area contributed by atoms with Crippen LogP contribution in [0.3, 0.4) is 0 Å². The smallest absolute Gasteiger partial charge is 0.462 e. The molecule has 0 aliphatic rings. The van der Waals surface area contributed by atoms with Gasteiger partial charge in [0.05, 0.1) is 26.4 Å². The van der Waals surface area contributed by atoms with E-state index in [1.54, 1.807) is 0 Å². The standard InChI is InChI=1S/C70H136O17P2/c1-6-9-12-15-17-19-21-22-25-29-32-36-39-44-49-54-68(73)81-60-66(87-70(75)56-51-46-41-37-33-30-27-24-23-26-28-31-34-38-43-47-52-63(4)5)62-85-89(78,79)83-58-64(71)57-82-88(76,77)84-61-65(59-80-67(72)53-48-42-14-11-8-3)86-69(74)55-50-45-40-35-20-18-16-13-10-7-2/h63-66,71H,6-62H2,1-5H3,(H,76,77)(H,78,79)/t64-,65+,66+/m0/s1. The molecule has 528 valence electrons. The van der Waals surface area contributed by atoms with E-state index in [0.717, 1.165) is 102 Å². The molecule has 0 aromatic rings. The van der Waals surface area contributed by atoms with E-state index in [4.69, 9.17) is 37.0 Å². The van der Waals surface area contributed by atoms with Crippen molar-refractivity contribution in [1.29, 1.82) is 0 Å². The largest absolute Gasteiger partial charge is 0.472 e. The average Bonchev–Trinajstić information content (AvgIpc) is 3.57. The van der Waals surface area contributed by atoms with Crippen molar-refractivity contribution >= 4 is 39.5 Å². The van der Waals surface area contributed by atoms with E-state index in [2.05, 4.69) is 34.6 Å². The zero-order chi connectivity index (χ0) is 65.6. The van der Waals surface area contributed by atoms with E-state index in [9.17, 15) is 43.2 Å². The molecular formula is C70H136O17P2. The van der Waals surface area contributed by atoms with Crippen LogP contribution in [0.2, 0.25) is 0 Å². The third-order valence-corrected chi connectivity index (χ3v) is 18.2. The molecule has 19 heteroatoms. The van der Waals surface area contributed by atoms with Crippen molar-refractivity contribution < 1.29 is 80.2 Å². The van der Waals surface area contributed by atoms with Crippen LogP contribution in [0.5, 0.6) is 0 Å². The minimum Gasteiger partial charge on any atom is -0.462 e. The second-order valence-corrected chi connectivity index (χ2v) is 28.7. The fraction of sp³-hybridized carbons (Fsp3) is 0.943. The SMILES string of the molecule is CCCCCCCCCCCCCCCCCC(=O)OC[C@H](COP(=O)(O)OC[C@@H](O)COP(=O)(O)OC[C@@H](COC(=O)CCCCCCC)OC(=O)CCCCCCCCCCCC)OC(=O)CCCCCCCCCCCCCCCCCCC(C)C. The molecule has 0 aliphatic carbocycles.